The Bertz CT molecular complexity index is 491. The average Bonchev–Trinajstić information content (AvgIpc) is 2.43. The maximum atomic E-state index is 11.4. The number of hydrogen-bond donors (Lipinski definition) is 1. The van der Waals surface area contributed by atoms with E-state index in [-0.39, 0.29) is 29.3 Å². The standard InChI is InChI=1S/C14H24N4O3/c1-6-10(5)15-13-12(18(19)20)14(21-8-9(3)4)17-11(7-2)16-13/h9-10H,6-8H2,1-5H3,(H,15,16,17). The molecule has 1 aromatic rings. The monoisotopic (exact) mass is 296 g/mol. The van der Waals surface area contributed by atoms with Crippen LogP contribution in [-0.4, -0.2) is 27.5 Å². The van der Waals surface area contributed by atoms with Gasteiger partial charge in [-0.25, -0.2) is 4.98 Å². The maximum absolute atomic E-state index is 11.4. The third-order valence-electron chi connectivity index (χ3n) is 2.95. The van der Waals surface area contributed by atoms with Gasteiger partial charge in [0.2, 0.25) is 5.82 Å². The Balaban J connectivity index is 3.25. The Labute approximate surface area is 125 Å². The summed E-state index contributed by atoms with van der Waals surface area (Å²) >= 11 is 0. The SMILES string of the molecule is CCc1nc(NC(C)CC)c([N+](=O)[O-])c(OCC(C)C)n1. The normalized spacial score (nSPS) is 12.3. The molecule has 1 rings (SSSR count). The van der Waals surface area contributed by atoms with Crippen molar-refractivity contribution in [2.75, 3.05) is 11.9 Å². The lowest BCUT2D eigenvalue weighted by Crippen LogP contribution is -2.18. The van der Waals surface area contributed by atoms with E-state index in [0.717, 1.165) is 6.42 Å². The van der Waals surface area contributed by atoms with E-state index >= 15 is 0 Å². The molecule has 1 heterocycles. The molecule has 0 aliphatic rings. The molecule has 0 amide bonds. The van der Waals surface area contributed by atoms with Crippen molar-refractivity contribution >= 4 is 11.5 Å². The Morgan fingerprint density at radius 1 is 1.29 bits per heavy atom. The molecule has 1 atom stereocenters. The van der Waals surface area contributed by atoms with Crippen molar-refractivity contribution in [3.63, 3.8) is 0 Å². The highest BCUT2D eigenvalue weighted by Crippen LogP contribution is 2.32. The van der Waals surface area contributed by atoms with Gasteiger partial charge in [-0.15, -0.1) is 0 Å². The van der Waals surface area contributed by atoms with Gasteiger partial charge in [0, 0.05) is 12.5 Å². The number of nitrogens with one attached hydrogen (secondary N) is 1. The van der Waals surface area contributed by atoms with Crippen LogP contribution in [0.4, 0.5) is 11.5 Å². The smallest absolute Gasteiger partial charge is 0.372 e. The zero-order chi connectivity index (χ0) is 16.0. The van der Waals surface area contributed by atoms with Crippen molar-refractivity contribution in [2.24, 2.45) is 5.92 Å². The molecule has 0 aliphatic carbocycles. The molecule has 0 saturated carbocycles. The van der Waals surface area contributed by atoms with Crippen LogP contribution in [-0.2, 0) is 6.42 Å². The summed E-state index contributed by atoms with van der Waals surface area (Å²) in [5.74, 6) is 1.08. The number of ether oxygens (including phenoxy) is 1. The van der Waals surface area contributed by atoms with E-state index in [0.29, 0.717) is 18.9 Å². The van der Waals surface area contributed by atoms with Crippen molar-refractivity contribution in [2.45, 2.75) is 53.5 Å². The quantitative estimate of drug-likeness (QED) is 0.585. The number of aromatic nitrogens is 2. The van der Waals surface area contributed by atoms with E-state index in [1.54, 1.807) is 0 Å². The lowest BCUT2D eigenvalue weighted by Gasteiger charge is -2.15. The lowest BCUT2D eigenvalue weighted by atomic mass is 10.2. The summed E-state index contributed by atoms with van der Waals surface area (Å²) in [6.07, 6.45) is 1.43. The Morgan fingerprint density at radius 3 is 2.43 bits per heavy atom. The molecular formula is C14H24N4O3. The van der Waals surface area contributed by atoms with Gasteiger partial charge >= 0.3 is 5.69 Å². The van der Waals surface area contributed by atoms with Crippen LogP contribution in [0.25, 0.3) is 0 Å². The highest BCUT2D eigenvalue weighted by molar-refractivity contribution is 5.62. The molecule has 7 heteroatoms. The minimum atomic E-state index is -0.486. The predicted molar refractivity (Wildman–Crippen MR) is 81.8 cm³/mol. The van der Waals surface area contributed by atoms with Crippen LogP contribution in [0.3, 0.4) is 0 Å². The number of aryl methyl sites for hydroxylation is 1. The van der Waals surface area contributed by atoms with Crippen LogP contribution in [0, 0.1) is 16.0 Å². The second-order valence-electron chi connectivity index (χ2n) is 5.41. The first kappa shape index (κ1) is 17.1. The minimum absolute atomic E-state index is 0.0475. The highest BCUT2D eigenvalue weighted by atomic mass is 16.6. The van der Waals surface area contributed by atoms with E-state index in [1.807, 2.05) is 34.6 Å². The van der Waals surface area contributed by atoms with Gasteiger partial charge < -0.3 is 10.1 Å². The van der Waals surface area contributed by atoms with Gasteiger partial charge in [-0.3, -0.25) is 10.1 Å². The average molecular weight is 296 g/mol. The molecule has 0 bridgehead atoms. The van der Waals surface area contributed by atoms with Gasteiger partial charge in [-0.05, 0) is 19.3 Å². The molecule has 7 nitrogen and oxygen atoms in total. The summed E-state index contributed by atoms with van der Waals surface area (Å²) in [4.78, 5) is 19.3. The van der Waals surface area contributed by atoms with Crippen LogP contribution in [0.15, 0.2) is 0 Å². The van der Waals surface area contributed by atoms with Crippen molar-refractivity contribution in [1.82, 2.24) is 9.97 Å². The zero-order valence-corrected chi connectivity index (χ0v) is 13.3. The van der Waals surface area contributed by atoms with Crippen molar-refractivity contribution < 1.29 is 9.66 Å². The summed E-state index contributed by atoms with van der Waals surface area (Å²) < 4.78 is 5.53. The molecule has 118 valence electrons. The van der Waals surface area contributed by atoms with Crippen LogP contribution in [0.2, 0.25) is 0 Å². The molecule has 21 heavy (non-hydrogen) atoms. The Morgan fingerprint density at radius 2 is 1.95 bits per heavy atom. The van der Waals surface area contributed by atoms with Crippen molar-refractivity contribution in [1.29, 1.82) is 0 Å². The fraction of sp³-hybridized carbons (Fsp3) is 0.714. The van der Waals surface area contributed by atoms with Crippen LogP contribution < -0.4 is 10.1 Å². The summed E-state index contributed by atoms with van der Waals surface area (Å²) in [7, 11) is 0. The second-order valence-corrected chi connectivity index (χ2v) is 5.41. The van der Waals surface area contributed by atoms with Crippen molar-refractivity contribution in [3.05, 3.63) is 15.9 Å². The second kappa shape index (κ2) is 7.75. The van der Waals surface area contributed by atoms with Crippen LogP contribution >= 0.6 is 0 Å². The number of anilines is 1. The largest absolute Gasteiger partial charge is 0.472 e. The van der Waals surface area contributed by atoms with E-state index in [4.69, 9.17) is 4.74 Å². The third kappa shape index (κ3) is 4.84. The summed E-state index contributed by atoms with van der Waals surface area (Å²) in [6, 6.07) is 0.0845. The number of nitro groups is 1. The molecule has 0 aliphatic heterocycles. The lowest BCUT2D eigenvalue weighted by molar-refractivity contribution is -0.385. The summed E-state index contributed by atoms with van der Waals surface area (Å²) in [6.45, 7) is 10.2. The first-order valence-corrected chi connectivity index (χ1v) is 7.33. The van der Waals surface area contributed by atoms with E-state index in [2.05, 4.69) is 15.3 Å². The van der Waals surface area contributed by atoms with Crippen LogP contribution in [0.5, 0.6) is 5.88 Å². The summed E-state index contributed by atoms with van der Waals surface area (Å²) in [5, 5.41) is 14.4. The third-order valence-corrected chi connectivity index (χ3v) is 2.95. The zero-order valence-electron chi connectivity index (χ0n) is 13.3. The van der Waals surface area contributed by atoms with E-state index in [9.17, 15) is 10.1 Å². The van der Waals surface area contributed by atoms with E-state index < -0.39 is 4.92 Å². The van der Waals surface area contributed by atoms with Crippen molar-refractivity contribution in [3.8, 4) is 5.88 Å². The van der Waals surface area contributed by atoms with Gasteiger partial charge in [0.25, 0.3) is 5.88 Å². The van der Waals surface area contributed by atoms with Gasteiger partial charge in [0.15, 0.2) is 0 Å². The molecule has 0 fully saturated rings. The van der Waals surface area contributed by atoms with E-state index in [1.165, 1.54) is 0 Å². The first-order valence-electron chi connectivity index (χ1n) is 7.33. The number of nitrogens with zero attached hydrogens (tertiary/aromatic N) is 3. The van der Waals surface area contributed by atoms with Gasteiger partial charge in [0.05, 0.1) is 11.5 Å². The minimum Gasteiger partial charge on any atom is -0.472 e. The predicted octanol–water partition coefficient (Wildman–Crippen LogP) is 3.19. The Hall–Kier alpha value is -1.92. The van der Waals surface area contributed by atoms with Gasteiger partial charge in [-0.2, -0.15) is 4.98 Å². The van der Waals surface area contributed by atoms with Gasteiger partial charge in [0.1, 0.15) is 5.82 Å². The molecule has 0 saturated heterocycles. The molecule has 0 aromatic carbocycles. The molecule has 1 unspecified atom stereocenters. The summed E-state index contributed by atoms with van der Waals surface area (Å²) in [5.41, 5.74) is -0.187. The maximum Gasteiger partial charge on any atom is 0.372 e. The fourth-order valence-electron chi connectivity index (χ4n) is 1.58. The molecule has 0 radical (unpaired) electrons. The van der Waals surface area contributed by atoms with Crippen LogP contribution in [0.1, 0.15) is 46.9 Å². The molecule has 1 aromatic heterocycles. The molecule has 0 spiro atoms. The highest BCUT2D eigenvalue weighted by Gasteiger charge is 2.27. The number of hydrogen-bond acceptors (Lipinski definition) is 6. The number of rotatable bonds is 8. The Kier molecular flexibility index (Phi) is 6.33. The fourth-order valence-corrected chi connectivity index (χ4v) is 1.58. The topological polar surface area (TPSA) is 90.2 Å². The molecule has 1 N–H and O–H groups in total. The first-order chi connectivity index (χ1) is 9.88. The molecular weight excluding hydrogens is 272 g/mol. The van der Waals surface area contributed by atoms with Gasteiger partial charge in [-0.1, -0.05) is 27.7 Å².